The van der Waals surface area contributed by atoms with Gasteiger partial charge in [0.2, 0.25) is 5.91 Å². The van der Waals surface area contributed by atoms with E-state index in [2.05, 4.69) is 11.4 Å². The summed E-state index contributed by atoms with van der Waals surface area (Å²) in [5.74, 6) is -1.74. The maximum atomic E-state index is 12.4. The van der Waals surface area contributed by atoms with Crippen LogP contribution in [-0.2, 0) is 32.0 Å². The molecule has 0 radical (unpaired) electrons. The molecule has 30 heavy (non-hydrogen) atoms. The van der Waals surface area contributed by atoms with Gasteiger partial charge >= 0.3 is 5.97 Å². The van der Waals surface area contributed by atoms with Gasteiger partial charge in [0.1, 0.15) is 0 Å². The molecule has 1 aliphatic heterocycles. The van der Waals surface area contributed by atoms with Crippen molar-refractivity contribution in [3.05, 3.63) is 59.7 Å². The van der Waals surface area contributed by atoms with Crippen molar-refractivity contribution in [1.29, 1.82) is 5.26 Å². The minimum Gasteiger partial charge on any atom is -0.455 e. The number of nitrogens with one attached hydrogen (secondary N) is 1. The fourth-order valence-electron chi connectivity index (χ4n) is 3.42. The highest BCUT2D eigenvalue weighted by atomic mass is 16.5. The van der Waals surface area contributed by atoms with E-state index in [0.717, 1.165) is 23.2 Å². The molecule has 0 aromatic heterocycles. The summed E-state index contributed by atoms with van der Waals surface area (Å²) in [6.45, 7) is 1.84. The molecule has 154 valence electrons. The van der Waals surface area contributed by atoms with Crippen molar-refractivity contribution < 1.29 is 19.1 Å². The Hall–Kier alpha value is -3.66. The Morgan fingerprint density at radius 2 is 1.93 bits per heavy atom. The Labute approximate surface area is 175 Å². The molecule has 2 aromatic rings. The van der Waals surface area contributed by atoms with Crippen LogP contribution in [0.4, 0.5) is 11.4 Å². The lowest BCUT2D eigenvalue weighted by molar-refractivity contribution is -0.151. The van der Waals surface area contributed by atoms with E-state index in [-0.39, 0.29) is 18.9 Å². The van der Waals surface area contributed by atoms with E-state index in [9.17, 15) is 14.4 Å². The minimum atomic E-state index is -0.597. The van der Waals surface area contributed by atoms with Crippen LogP contribution < -0.4 is 10.2 Å². The molecule has 3 rings (SSSR count). The van der Waals surface area contributed by atoms with E-state index in [1.165, 1.54) is 0 Å². The summed E-state index contributed by atoms with van der Waals surface area (Å²) >= 11 is 0. The van der Waals surface area contributed by atoms with Gasteiger partial charge in [-0.1, -0.05) is 37.3 Å². The normalized spacial score (nSPS) is 15.5. The molecule has 7 nitrogen and oxygen atoms in total. The Morgan fingerprint density at radius 1 is 1.20 bits per heavy atom. The molecule has 0 saturated carbocycles. The summed E-state index contributed by atoms with van der Waals surface area (Å²) in [7, 11) is 0. The molecule has 1 atom stereocenters. The quantitative estimate of drug-likeness (QED) is 0.714. The molecular weight excluding hydrogens is 382 g/mol. The number of benzene rings is 2. The highest BCUT2D eigenvalue weighted by Crippen LogP contribution is 2.29. The average molecular weight is 405 g/mol. The monoisotopic (exact) mass is 405 g/mol. The fraction of sp³-hybridized carbons (Fsp3) is 0.304. The largest absolute Gasteiger partial charge is 0.455 e. The van der Waals surface area contributed by atoms with Crippen molar-refractivity contribution in [3.63, 3.8) is 0 Å². The van der Waals surface area contributed by atoms with Crippen molar-refractivity contribution in [2.75, 3.05) is 23.4 Å². The Kier molecular flexibility index (Phi) is 6.81. The van der Waals surface area contributed by atoms with Gasteiger partial charge in [-0.2, -0.15) is 5.26 Å². The van der Waals surface area contributed by atoms with E-state index in [0.29, 0.717) is 12.1 Å². The van der Waals surface area contributed by atoms with E-state index in [1.807, 2.05) is 31.2 Å². The number of aryl methyl sites for hydroxylation is 1. The highest BCUT2D eigenvalue weighted by Gasteiger charge is 2.36. The van der Waals surface area contributed by atoms with Crippen LogP contribution in [0, 0.1) is 17.2 Å². The van der Waals surface area contributed by atoms with Crippen molar-refractivity contribution >= 4 is 29.2 Å². The second-order valence-corrected chi connectivity index (χ2v) is 7.08. The first-order chi connectivity index (χ1) is 14.5. The third kappa shape index (κ3) is 5.03. The Bertz CT molecular complexity index is 979. The number of nitrogens with zero attached hydrogens (tertiary/aromatic N) is 2. The molecule has 7 heteroatoms. The lowest BCUT2D eigenvalue weighted by Crippen LogP contribution is -2.28. The van der Waals surface area contributed by atoms with Crippen molar-refractivity contribution in [2.24, 2.45) is 5.92 Å². The summed E-state index contributed by atoms with van der Waals surface area (Å²) in [6.07, 6.45) is 1.15. The number of para-hydroxylation sites is 1. The second kappa shape index (κ2) is 9.70. The molecule has 1 fully saturated rings. The van der Waals surface area contributed by atoms with Crippen LogP contribution in [-0.4, -0.2) is 30.9 Å². The predicted octanol–water partition coefficient (Wildman–Crippen LogP) is 2.85. The number of hydrogen-bond donors (Lipinski definition) is 1. The van der Waals surface area contributed by atoms with E-state index in [4.69, 9.17) is 10.00 Å². The molecule has 1 heterocycles. The highest BCUT2D eigenvalue weighted by molar-refractivity contribution is 6.00. The van der Waals surface area contributed by atoms with Gasteiger partial charge in [-0.3, -0.25) is 14.4 Å². The Balaban J connectivity index is 1.52. The zero-order chi connectivity index (χ0) is 21.5. The summed E-state index contributed by atoms with van der Waals surface area (Å²) < 4.78 is 5.14. The van der Waals surface area contributed by atoms with Gasteiger partial charge in [0.25, 0.3) is 5.91 Å². The molecule has 2 amide bonds. The number of carbonyl (C=O) groups is 3. The number of anilines is 2. The smallest absolute Gasteiger partial charge is 0.311 e. The van der Waals surface area contributed by atoms with Crippen molar-refractivity contribution in [3.8, 4) is 6.07 Å². The van der Waals surface area contributed by atoms with Gasteiger partial charge in [0.15, 0.2) is 6.61 Å². The van der Waals surface area contributed by atoms with Gasteiger partial charge in [0, 0.05) is 24.3 Å². The number of amides is 2. The predicted molar refractivity (Wildman–Crippen MR) is 112 cm³/mol. The molecule has 0 spiro atoms. The molecule has 1 saturated heterocycles. The lowest BCUT2D eigenvalue weighted by atomic mass is 10.1. The standard InChI is InChI=1S/C23H23N3O4/c1-2-17-5-3-4-6-20(17)26-14-18(13-22(26)28)23(29)30-15-21(27)25-19-9-7-16(8-10-19)11-12-24/h3-10,18H,2,11,13-15H2,1H3,(H,25,27)/t18-/m1/s1. The van der Waals surface area contributed by atoms with E-state index < -0.39 is 24.4 Å². The third-order valence-corrected chi connectivity index (χ3v) is 4.99. The maximum absolute atomic E-state index is 12.4. The lowest BCUT2D eigenvalue weighted by Gasteiger charge is -2.19. The first-order valence-corrected chi connectivity index (χ1v) is 9.82. The number of hydrogen-bond acceptors (Lipinski definition) is 5. The van der Waals surface area contributed by atoms with Gasteiger partial charge in [0.05, 0.1) is 18.4 Å². The molecule has 2 aromatic carbocycles. The van der Waals surface area contributed by atoms with Crippen LogP contribution in [0.25, 0.3) is 0 Å². The summed E-state index contributed by atoms with van der Waals surface area (Å²) in [5.41, 5.74) is 3.26. The van der Waals surface area contributed by atoms with Crippen molar-refractivity contribution in [1.82, 2.24) is 0 Å². The zero-order valence-corrected chi connectivity index (χ0v) is 16.8. The van der Waals surface area contributed by atoms with Crippen LogP contribution in [0.15, 0.2) is 48.5 Å². The minimum absolute atomic E-state index is 0.0683. The average Bonchev–Trinajstić information content (AvgIpc) is 3.15. The number of nitriles is 1. The second-order valence-electron chi connectivity index (χ2n) is 7.08. The number of ether oxygens (including phenoxy) is 1. The van der Waals surface area contributed by atoms with Crippen LogP contribution in [0.3, 0.4) is 0 Å². The van der Waals surface area contributed by atoms with E-state index >= 15 is 0 Å². The fourth-order valence-corrected chi connectivity index (χ4v) is 3.42. The Morgan fingerprint density at radius 3 is 2.63 bits per heavy atom. The number of carbonyl (C=O) groups excluding carboxylic acids is 3. The first-order valence-electron chi connectivity index (χ1n) is 9.82. The summed E-state index contributed by atoms with van der Waals surface area (Å²) in [6, 6.07) is 16.5. The maximum Gasteiger partial charge on any atom is 0.311 e. The van der Waals surface area contributed by atoms with Gasteiger partial charge < -0.3 is 15.0 Å². The molecule has 1 N–H and O–H groups in total. The van der Waals surface area contributed by atoms with Gasteiger partial charge in [-0.15, -0.1) is 0 Å². The van der Waals surface area contributed by atoms with Crippen LogP contribution in [0.2, 0.25) is 0 Å². The molecule has 0 unspecified atom stereocenters. The topological polar surface area (TPSA) is 99.5 Å². The third-order valence-electron chi connectivity index (χ3n) is 4.99. The number of rotatable bonds is 7. The van der Waals surface area contributed by atoms with Crippen LogP contribution in [0.5, 0.6) is 0 Å². The first kappa shape index (κ1) is 21.1. The molecule has 0 bridgehead atoms. The van der Waals surface area contributed by atoms with Gasteiger partial charge in [-0.25, -0.2) is 0 Å². The van der Waals surface area contributed by atoms with Crippen LogP contribution >= 0.6 is 0 Å². The summed E-state index contributed by atoms with van der Waals surface area (Å²) in [4.78, 5) is 38.5. The van der Waals surface area contributed by atoms with E-state index in [1.54, 1.807) is 29.2 Å². The molecule has 0 aliphatic carbocycles. The van der Waals surface area contributed by atoms with Crippen LogP contribution in [0.1, 0.15) is 24.5 Å². The SMILES string of the molecule is CCc1ccccc1N1C[C@H](C(=O)OCC(=O)Nc2ccc(CC#N)cc2)CC1=O. The number of esters is 1. The molecular formula is C23H23N3O4. The van der Waals surface area contributed by atoms with Crippen molar-refractivity contribution in [2.45, 2.75) is 26.2 Å². The van der Waals surface area contributed by atoms with Gasteiger partial charge in [-0.05, 0) is 35.7 Å². The zero-order valence-electron chi connectivity index (χ0n) is 16.8. The molecule has 1 aliphatic rings. The summed E-state index contributed by atoms with van der Waals surface area (Å²) in [5, 5.41) is 11.3.